The van der Waals surface area contributed by atoms with Gasteiger partial charge in [0.15, 0.2) is 0 Å². The molecule has 0 saturated heterocycles. The predicted octanol–water partition coefficient (Wildman–Crippen LogP) is 4.73. The normalized spacial score (nSPS) is 23.6. The van der Waals surface area contributed by atoms with Crippen molar-refractivity contribution in [1.29, 1.82) is 10.5 Å². The maximum Gasteiger partial charge on any atom is 0.266 e. The first-order valence-corrected chi connectivity index (χ1v) is 10.0. The molecule has 0 amide bonds. The Kier molecular flexibility index (Phi) is 4.03. The largest absolute Gasteiger partial charge is 0.437 e. The van der Waals surface area contributed by atoms with E-state index in [4.69, 9.17) is 14.5 Å². The predicted molar refractivity (Wildman–Crippen MR) is 113 cm³/mol. The van der Waals surface area contributed by atoms with Crippen molar-refractivity contribution in [2.24, 2.45) is 5.41 Å². The summed E-state index contributed by atoms with van der Waals surface area (Å²) in [5, 5.41) is 26.1. The number of fused-ring (bicyclic) bond motifs is 1. The van der Waals surface area contributed by atoms with Crippen LogP contribution in [0.3, 0.4) is 0 Å². The molecule has 3 aromatic rings. The number of ether oxygens (including phenoxy) is 1. The highest BCUT2D eigenvalue weighted by Gasteiger charge is 2.69. The number of hydrogen-bond acceptors (Lipinski definition) is 8. The van der Waals surface area contributed by atoms with Crippen molar-refractivity contribution >= 4 is 23.1 Å². The molecule has 0 radical (unpaired) electrons. The van der Waals surface area contributed by atoms with Crippen LogP contribution < -0.4 is 10.1 Å². The van der Waals surface area contributed by atoms with Crippen LogP contribution in [-0.2, 0) is 0 Å². The van der Waals surface area contributed by atoms with Gasteiger partial charge < -0.3 is 14.6 Å². The number of nitrogens with zero attached hydrogens (tertiary/aromatic N) is 5. The molecule has 0 spiro atoms. The van der Waals surface area contributed by atoms with E-state index in [1.807, 2.05) is 39.0 Å². The number of hydrogen-bond donors (Lipinski definition) is 1. The first-order chi connectivity index (χ1) is 14.9. The zero-order chi connectivity index (χ0) is 21.8. The van der Waals surface area contributed by atoms with Crippen molar-refractivity contribution in [2.45, 2.75) is 45.6 Å². The van der Waals surface area contributed by atoms with Crippen LogP contribution in [0, 0.1) is 48.8 Å². The molecule has 31 heavy (non-hydrogen) atoms. The van der Waals surface area contributed by atoms with E-state index in [1.165, 1.54) is 6.08 Å². The van der Waals surface area contributed by atoms with E-state index in [2.05, 4.69) is 26.5 Å². The number of benzene rings is 1. The second kappa shape index (κ2) is 6.55. The van der Waals surface area contributed by atoms with Gasteiger partial charge >= 0.3 is 0 Å². The Balaban J connectivity index is 1.50. The molecule has 1 aromatic carbocycles. The lowest BCUT2D eigenvalue weighted by Gasteiger charge is -2.66. The molecule has 8 nitrogen and oxygen atoms in total. The van der Waals surface area contributed by atoms with Crippen LogP contribution >= 0.6 is 0 Å². The molecule has 3 fully saturated rings. The second-order valence-electron chi connectivity index (χ2n) is 8.68. The molecule has 0 unspecified atom stereocenters. The molecule has 3 saturated carbocycles. The SMILES string of the molecule is Cc1cc(/C=C/C#N)cc(C)c1Oc1nc(NC23CC(C#N)(C2)C3)nc2onc(C)c12. The maximum absolute atomic E-state index is 9.26. The quantitative estimate of drug-likeness (QED) is 0.597. The van der Waals surface area contributed by atoms with Gasteiger partial charge in [-0.2, -0.15) is 20.5 Å². The van der Waals surface area contributed by atoms with Crippen LogP contribution in [0.4, 0.5) is 5.95 Å². The van der Waals surface area contributed by atoms with Gasteiger partial charge in [-0.15, -0.1) is 0 Å². The fraction of sp³-hybridized carbons (Fsp3) is 0.348. The summed E-state index contributed by atoms with van der Waals surface area (Å²) in [4.78, 5) is 9.12. The number of anilines is 1. The van der Waals surface area contributed by atoms with Crippen LogP contribution in [-0.4, -0.2) is 20.7 Å². The molecule has 154 valence electrons. The topological polar surface area (TPSA) is 121 Å². The average molecular weight is 412 g/mol. The van der Waals surface area contributed by atoms with Gasteiger partial charge in [-0.05, 0) is 74.9 Å². The Morgan fingerprint density at radius 1 is 1.13 bits per heavy atom. The summed E-state index contributed by atoms with van der Waals surface area (Å²) in [5.41, 5.74) is 3.48. The van der Waals surface area contributed by atoms with Gasteiger partial charge in [-0.3, -0.25) is 0 Å². The van der Waals surface area contributed by atoms with Crippen molar-refractivity contribution in [2.75, 3.05) is 5.32 Å². The molecule has 1 N–H and O–H groups in total. The van der Waals surface area contributed by atoms with Crippen LogP contribution in [0.15, 0.2) is 22.7 Å². The van der Waals surface area contributed by atoms with Gasteiger partial charge in [0.2, 0.25) is 11.8 Å². The van der Waals surface area contributed by atoms with Crippen molar-refractivity contribution in [3.05, 3.63) is 40.6 Å². The van der Waals surface area contributed by atoms with Gasteiger partial charge in [0.25, 0.3) is 5.71 Å². The number of aryl methyl sites for hydroxylation is 3. The molecule has 6 rings (SSSR count). The van der Waals surface area contributed by atoms with Gasteiger partial charge in [-0.25, -0.2) is 0 Å². The number of nitriles is 2. The third-order valence-corrected chi connectivity index (χ3v) is 6.15. The van der Waals surface area contributed by atoms with Crippen LogP contribution in [0.5, 0.6) is 11.6 Å². The Morgan fingerprint density at radius 3 is 2.48 bits per heavy atom. The number of allylic oxidation sites excluding steroid dienone is 1. The number of rotatable bonds is 5. The molecule has 3 aliphatic carbocycles. The van der Waals surface area contributed by atoms with Crippen molar-refractivity contribution in [3.63, 3.8) is 0 Å². The van der Waals surface area contributed by atoms with Crippen molar-refractivity contribution < 1.29 is 9.26 Å². The molecule has 3 aliphatic rings. The summed E-state index contributed by atoms with van der Waals surface area (Å²) in [6.45, 7) is 5.73. The molecule has 8 heteroatoms. The summed E-state index contributed by atoms with van der Waals surface area (Å²) in [7, 11) is 0. The molecular weight excluding hydrogens is 392 g/mol. The minimum absolute atomic E-state index is 0.115. The number of nitrogens with one attached hydrogen (secondary N) is 1. The van der Waals surface area contributed by atoms with Crippen LogP contribution in [0.1, 0.15) is 41.6 Å². The highest BCUT2D eigenvalue weighted by Crippen LogP contribution is 2.67. The standard InChI is InChI=1S/C23H20N6O2/c1-13-7-16(5-4-6-24)8-14(2)18(13)30-19-17-15(3)29-31-20(17)27-21(26-19)28-23-9-22(10-23,11-23)12-25/h4-5,7-8H,9-11H2,1-3H3,(H,26,27,28)/b5-4+. The average Bonchev–Trinajstić information content (AvgIpc) is 3.05. The Morgan fingerprint density at radius 2 is 1.84 bits per heavy atom. The summed E-state index contributed by atoms with van der Waals surface area (Å²) < 4.78 is 11.7. The van der Waals surface area contributed by atoms with E-state index in [0.29, 0.717) is 34.4 Å². The van der Waals surface area contributed by atoms with Crippen LogP contribution in [0.25, 0.3) is 17.2 Å². The number of aromatic nitrogens is 3. The smallest absolute Gasteiger partial charge is 0.266 e. The molecule has 2 heterocycles. The Bertz CT molecular complexity index is 1300. The zero-order valence-electron chi connectivity index (χ0n) is 17.5. The lowest BCUT2D eigenvalue weighted by molar-refractivity contribution is -0.0665. The first-order valence-electron chi connectivity index (χ1n) is 10.0. The third kappa shape index (κ3) is 3.00. The monoisotopic (exact) mass is 412 g/mol. The third-order valence-electron chi connectivity index (χ3n) is 6.15. The van der Waals surface area contributed by atoms with Crippen LogP contribution in [0.2, 0.25) is 0 Å². The fourth-order valence-electron chi connectivity index (χ4n) is 4.83. The summed E-state index contributed by atoms with van der Waals surface area (Å²) >= 11 is 0. The van der Waals surface area contributed by atoms with E-state index < -0.39 is 0 Å². The minimum Gasteiger partial charge on any atom is -0.437 e. The van der Waals surface area contributed by atoms with Gasteiger partial charge in [0.1, 0.15) is 11.1 Å². The molecule has 2 bridgehead atoms. The van der Waals surface area contributed by atoms with Gasteiger partial charge in [-0.1, -0.05) is 5.16 Å². The van der Waals surface area contributed by atoms with E-state index in [1.54, 1.807) is 6.08 Å². The second-order valence-corrected chi connectivity index (χ2v) is 8.68. The lowest BCUT2D eigenvalue weighted by atomic mass is 9.40. The van der Waals surface area contributed by atoms with Gasteiger partial charge in [0.05, 0.1) is 23.2 Å². The van der Waals surface area contributed by atoms with E-state index in [0.717, 1.165) is 36.0 Å². The molecular formula is C23H20N6O2. The maximum atomic E-state index is 9.26. The van der Waals surface area contributed by atoms with Crippen molar-refractivity contribution in [3.8, 4) is 23.8 Å². The lowest BCUT2D eigenvalue weighted by Crippen LogP contribution is -2.70. The first kappa shape index (κ1) is 19.1. The van der Waals surface area contributed by atoms with E-state index >= 15 is 0 Å². The molecule has 0 aliphatic heterocycles. The molecule has 0 atom stereocenters. The van der Waals surface area contributed by atoms with Crippen molar-refractivity contribution in [1.82, 2.24) is 15.1 Å². The van der Waals surface area contributed by atoms with E-state index in [9.17, 15) is 5.26 Å². The van der Waals surface area contributed by atoms with E-state index in [-0.39, 0.29) is 11.0 Å². The summed E-state index contributed by atoms with van der Waals surface area (Å²) in [6.07, 6.45) is 5.62. The molecule has 2 aromatic heterocycles. The highest BCUT2D eigenvalue weighted by molar-refractivity contribution is 5.83. The summed E-state index contributed by atoms with van der Waals surface area (Å²) in [6, 6.07) is 8.32. The zero-order valence-corrected chi connectivity index (χ0v) is 17.5. The Labute approximate surface area is 179 Å². The minimum atomic E-state index is -0.171. The highest BCUT2D eigenvalue weighted by atomic mass is 16.5. The Hall–Kier alpha value is -3.91. The fourth-order valence-corrected chi connectivity index (χ4v) is 4.83. The summed E-state index contributed by atoms with van der Waals surface area (Å²) in [5.74, 6) is 1.47. The van der Waals surface area contributed by atoms with Gasteiger partial charge in [0, 0.05) is 11.6 Å².